The monoisotopic (exact) mass is 510 g/mol. The van der Waals surface area contributed by atoms with Gasteiger partial charge < -0.3 is 19.4 Å². The second kappa shape index (κ2) is 10.6. The van der Waals surface area contributed by atoms with E-state index in [2.05, 4.69) is 40.2 Å². The number of aromatic nitrogens is 3. The van der Waals surface area contributed by atoms with Crippen molar-refractivity contribution in [1.82, 2.24) is 15.0 Å². The smallest absolute Gasteiger partial charge is 0.157 e. The van der Waals surface area contributed by atoms with E-state index in [0.717, 1.165) is 71.4 Å². The summed E-state index contributed by atoms with van der Waals surface area (Å²) in [5.41, 5.74) is 6.92. The number of benzene rings is 3. The maximum Gasteiger partial charge on any atom is 0.157 e. The van der Waals surface area contributed by atoms with Gasteiger partial charge in [-0.3, -0.25) is 0 Å². The summed E-state index contributed by atoms with van der Waals surface area (Å²) < 4.78 is 11.6. The molecule has 0 saturated carbocycles. The maximum atomic E-state index is 6.34. The number of hydrogen-bond donors (Lipinski definition) is 1. The van der Waals surface area contributed by atoms with E-state index in [1.54, 1.807) is 0 Å². The highest BCUT2D eigenvalue weighted by molar-refractivity contribution is 6.30. The van der Waals surface area contributed by atoms with Crippen molar-refractivity contribution in [2.45, 2.75) is 13.0 Å². The molecule has 6 nitrogen and oxygen atoms in total. The average molecular weight is 511 g/mol. The van der Waals surface area contributed by atoms with Crippen molar-refractivity contribution in [1.29, 1.82) is 0 Å². The van der Waals surface area contributed by atoms with Crippen LogP contribution in [0.1, 0.15) is 16.8 Å². The molecule has 0 unspecified atom stereocenters. The number of fused-ring (bicyclic) bond motifs is 1. The predicted octanol–water partition coefficient (Wildman–Crippen LogP) is 6.28. The van der Waals surface area contributed by atoms with Gasteiger partial charge in [-0.2, -0.15) is 0 Å². The number of morpholine rings is 1. The zero-order chi connectivity index (χ0) is 25.0. The van der Waals surface area contributed by atoms with Crippen LogP contribution in [0, 0.1) is 0 Å². The summed E-state index contributed by atoms with van der Waals surface area (Å²) in [5, 5.41) is 0.673. The fourth-order valence-electron chi connectivity index (χ4n) is 4.60. The highest BCUT2D eigenvalue weighted by atomic mass is 35.5. The number of imidazole rings is 1. The second-order valence-corrected chi connectivity index (χ2v) is 9.54. The molecule has 3 heterocycles. The van der Waals surface area contributed by atoms with E-state index in [4.69, 9.17) is 31.0 Å². The lowest BCUT2D eigenvalue weighted by Crippen LogP contribution is -2.36. The van der Waals surface area contributed by atoms with Gasteiger partial charge in [-0.1, -0.05) is 48.0 Å². The summed E-state index contributed by atoms with van der Waals surface area (Å²) in [4.78, 5) is 15.5. The van der Waals surface area contributed by atoms with Crippen molar-refractivity contribution in [2.24, 2.45) is 0 Å². The van der Waals surface area contributed by atoms with Crippen molar-refractivity contribution < 1.29 is 9.47 Å². The molecule has 1 aliphatic rings. The number of hydrogen-bond acceptors (Lipinski definition) is 5. The summed E-state index contributed by atoms with van der Waals surface area (Å²) in [6, 6.07) is 28.2. The summed E-state index contributed by atoms with van der Waals surface area (Å²) in [5.74, 6) is 1.56. The second-order valence-electron chi connectivity index (χ2n) is 9.10. The molecule has 2 aromatic heterocycles. The molecule has 3 aromatic carbocycles. The van der Waals surface area contributed by atoms with Crippen LogP contribution in [-0.4, -0.2) is 41.3 Å². The molecule has 0 atom stereocenters. The maximum absolute atomic E-state index is 6.34. The first-order valence-corrected chi connectivity index (χ1v) is 12.8. The average Bonchev–Trinajstić information content (AvgIpc) is 3.38. The van der Waals surface area contributed by atoms with E-state index >= 15 is 0 Å². The van der Waals surface area contributed by atoms with Crippen molar-refractivity contribution in [3.8, 4) is 17.3 Å². The number of rotatable bonds is 7. The van der Waals surface area contributed by atoms with Gasteiger partial charge in [0.15, 0.2) is 5.82 Å². The van der Waals surface area contributed by atoms with Crippen molar-refractivity contribution >= 4 is 28.3 Å². The van der Waals surface area contributed by atoms with Crippen LogP contribution in [0.15, 0.2) is 84.9 Å². The van der Waals surface area contributed by atoms with Crippen molar-refractivity contribution in [3.63, 3.8) is 0 Å². The fraction of sp³-hybridized carbons (Fsp3) is 0.200. The molecule has 0 radical (unpaired) electrons. The molecule has 1 aliphatic heterocycles. The summed E-state index contributed by atoms with van der Waals surface area (Å²) in [6.07, 6.45) is 0.597. The Labute approximate surface area is 220 Å². The van der Waals surface area contributed by atoms with Gasteiger partial charge in [-0.05, 0) is 54.1 Å². The van der Waals surface area contributed by atoms with Crippen molar-refractivity contribution in [2.75, 3.05) is 31.2 Å². The molecule has 0 bridgehead atoms. The highest BCUT2D eigenvalue weighted by Gasteiger charge is 2.14. The number of halogens is 1. The molecule has 1 N–H and O–H groups in total. The Balaban J connectivity index is 1.23. The third-order valence-electron chi connectivity index (χ3n) is 6.52. The number of anilines is 1. The highest BCUT2D eigenvalue weighted by Crippen LogP contribution is 2.28. The minimum absolute atomic E-state index is 0.494. The van der Waals surface area contributed by atoms with Gasteiger partial charge in [-0.15, -0.1) is 0 Å². The van der Waals surface area contributed by atoms with Crippen LogP contribution in [0.2, 0.25) is 5.02 Å². The molecule has 186 valence electrons. The fourth-order valence-corrected chi connectivity index (χ4v) is 4.80. The van der Waals surface area contributed by atoms with E-state index in [1.807, 2.05) is 54.6 Å². The van der Waals surface area contributed by atoms with Crippen LogP contribution in [0.25, 0.3) is 22.6 Å². The largest absolute Gasteiger partial charge is 0.489 e. The molecule has 7 heteroatoms. The van der Waals surface area contributed by atoms with Gasteiger partial charge >= 0.3 is 0 Å². The number of aromatic amines is 1. The summed E-state index contributed by atoms with van der Waals surface area (Å²) in [6.45, 7) is 3.81. The lowest BCUT2D eigenvalue weighted by molar-refractivity contribution is 0.122. The van der Waals surface area contributed by atoms with Gasteiger partial charge in [0.1, 0.15) is 18.1 Å². The van der Waals surface area contributed by atoms with E-state index in [1.165, 1.54) is 5.69 Å². The van der Waals surface area contributed by atoms with E-state index in [0.29, 0.717) is 18.1 Å². The Morgan fingerprint density at radius 1 is 0.892 bits per heavy atom. The Morgan fingerprint density at radius 3 is 2.62 bits per heavy atom. The summed E-state index contributed by atoms with van der Waals surface area (Å²) >= 11 is 6.34. The number of H-pyrrole nitrogens is 1. The minimum atomic E-state index is 0.494. The van der Waals surface area contributed by atoms with Crippen LogP contribution >= 0.6 is 11.6 Å². The van der Waals surface area contributed by atoms with Gasteiger partial charge in [0, 0.05) is 41.5 Å². The Hall–Kier alpha value is -3.87. The predicted molar refractivity (Wildman–Crippen MR) is 147 cm³/mol. The van der Waals surface area contributed by atoms with Crippen molar-refractivity contribution in [3.05, 3.63) is 107 Å². The number of ether oxygens (including phenoxy) is 2. The molecule has 6 rings (SSSR count). The zero-order valence-electron chi connectivity index (χ0n) is 20.4. The Bertz CT molecular complexity index is 1510. The molecule has 0 aliphatic carbocycles. The minimum Gasteiger partial charge on any atom is -0.489 e. The SMILES string of the molecule is Clc1ccc(OCc2ccccc2)c(Cc2cccc(-c3nc4ccc(N5CCOCC5)cc4[nH]3)n2)c1. The lowest BCUT2D eigenvalue weighted by atomic mass is 10.1. The normalized spacial score (nSPS) is 13.7. The van der Waals surface area contributed by atoms with Gasteiger partial charge in [-0.25, -0.2) is 9.97 Å². The van der Waals surface area contributed by atoms with Crippen LogP contribution in [-0.2, 0) is 17.8 Å². The first kappa shape index (κ1) is 23.5. The van der Waals surface area contributed by atoms with Crippen LogP contribution in [0.3, 0.4) is 0 Å². The van der Waals surface area contributed by atoms with E-state index in [-0.39, 0.29) is 0 Å². The van der Waals surface area contributed by atoms with Gasteiger partial charge in [0.2, 0.25) is 0 Å². The molecule has 37 heavy (non-hydrogen) atoms. The van der Waals surface area contributed by atoms with Crippen LogP contribution in [0.5, 0.6) is 5.75 Å². The first-order chi connectivity index (χ1) is 18.2. The third-order valence-corrected chi connectivity index (χ3v) is 6.76. The first-order valence-electron chi connectivity index (χ1n) is 12.5. The number of nitrogens with one attached hydrogen (secondary N) is 1. The molecule has 1 saturated heterocycles. The molecular formula is C30H27ClN4O2. The molecule has 5 aromatic rings. The zero-order valence-corrected chi connectivity index (χ0v) is 21.1. The van der Waals surface area contributed by atoms with Gasteiger partial charge in [0.25, 0.3) is 0 Å². The molecule has 0 amide bonds. The third kappa shape index (κ3) is 5.45. The Morgan fingerprint density at radius 2 is 1.76 bits per heavy atom. The van der Waals surface area contributed by atoms with E-state index in [9.17, 15) is 0 Å². The van der Waals surface area contributed by atoms with E-state index < -0.39 is 0 Å². The topological polar surface area (TPSA) is 63.3 Å². The summed E-state index contributed by atoms with van der Waals surface area (Å²) in [7, 11) is 0. The number of pyridine rings is 1. The molecular weight excluding hydrogens is 484 g/mol. The lowest BCUT2D eigenvalue weighted by Gasteiger charge is -2.28. The molecule has 1 fully saturated rings. The van der Waals surface area contributed by atoms with Crippen LogP contribution in [0.4, 0.5) is 5.69 Å². The number of nitrogens with zero attached hydrogens (tertiary/aromatic N) is 3. The van der Waals surface area contributed by atoms with Gasteiger partial charge in [0.05, 0.1) is 24.2 Å². The quantitative estimate of drug-likeness (QED) is 0.279. The molecule has 0 spiro atoms. The standard InChI is InChI=1S/C30H27ClN4O2/c31-23-9-12-29(37-20-21-5-2-1-3-6-21)22(17-23)18-24-7-4-8-27(32-24)30-33-26-11-10-25(19-28(26)34-30)35-13-15-36-16-14-35/h1-12,17,19H,13-16,18,20H2,(H,33,34). The van der Waals surface area contributed by atoms with Crippen LogP contribution < -0.4 is 9.64 Å². The Kier molecular flexibility index (Phi) is 6.76.